The van der Waals surface area contributed by atoms with Gasteiger partial charge in [-0.05, 0) is 30.5 Å². The van der Waals surface area contributed by atoms with E-state index in [9.17, 15) is 14.0 Å². The zero-order chi connectivity index (χ0) is 13.8. The van der Waals surface area contributed by atoms with Gasteiger partial charge in [0, 0.05) is 13.6 Å². The van der Waals surface area contributed by atoms with Crippen molar-refractivity contribution in [3.8, 4) is 0 Å². The molecule has 0 saturated carbocycles. The average molecular weight is 264 g/mol. The molecule has 4 nitrogen and oxygen atoms in total. The first kappa shape index (κ1) is 13.5. The van der Waals surface area contributed by atoms with Crippen LogP contribution in [-0.4, -0.2) is 30.3 Å². The molecule has 19 heavy (non-hydrogen) atoms. The van der Waals surface area contributed by atoms with Crippen LogP contribution in [0, 0.1) is 5.82 Å². The summed E-state index contributed by atoms with van der Waals surface area (Å²) >= 11 is 0. The Kier molecular flexibility index (Phi) is 4.14. The third-order valence-corrected chi connectivity index (χ3v) is 3.40. The number of halogens is 1. The second kappa shape index (κ2) is 5.82. The third kappa shape index (κ3) is 3.10. The number of nitrogens with one attached hydrogen (secondary N) is 1. The number of carbonyl (C=O) groups is 2. The zero-order valence-corrected chi connectivity index (χ0v) is 10.9. The van der Waals surface area contributed by atoms with Gasteiger partial charge >= 0.3 is 0 Å². The zero-order valence-electron chi connectivity index (χ0n) is 10.9. The summed E-state index contributed by atoms with van der Waals surface area (Å²) in [6, 6.07) is 6.18. The quantitative estimate of drug-likeness (QED) is 0.843. The van der Waals surface area contributed by atoms with E-state index < -0.39 is 0 Å². The van der Waals surface area contributed by atoms with Crippen LogP contribution in [0.1, 0.15) is 30.9 Å². The summed E-state index contributed by atoms with van der Waals surface area (Å²) in [5, 5.41) is 2.44. The molecule has 2 rings (SSSR count). The summed E-state index contributed by atoms with van der Waals surface area (Å²) in [4.78, 5) is 25.0. The molecule has 0 radical (unpaired) electrons. The Morgan fingerprint density at radius 2 is 2.26 bits per heavy atom. The first-order valence-electron chi connectivity index (χ1n) is 6.37. The van der Waals surface area contributed by atoms with E-state index in [4.69, 9.17) is 0 Å². The monoisotopic (exact) mass is 264 g/mol. The summed E-state index contributed by atoms with van der Waals surface area (Å²) < 4.78 is 13.2. The molecule has 0 spiro atoms. The lowest BCUT2D eigenvalue weighted by Crippen LogP contribution is -2.34. The van der Waals surface area contributed by atoms with Gasteiger partial charge in [-0.1, -0.05) is 12.1 Å². The average Bonchev–Trinajstić information content (AvgIpc) is 2.87. The van der Waals surface area contributed by atoms with Crippen molar-refractivity contribution >= 4 is 11.8 Å². The number of rotatable bonds is 3. The smallest absolute Gasteiger partial charge is 0.232 e. The van der Waals surface area contributed by atoms with Crippen LogP contribution in [0.3, 0.4) is 0 Å². The number of hydrogen-bond donors (Lipinski definition) is 1. The molecule has 1 saturated heterocycles. The highest BCUT2D eigenvalue weighted by molar-refractivity contribution is 5.97. The Labute approximate surface area is 111 Å². The van der Waals surface area contributed by atoms with Gasteiger partial charge in [-0.15, -0.1) is 0 Å². The van der Waals surface area contributed by atoms with Gasteiger partial charge in [-0.3, -0.25) is 9.59 Å². The van der Waals surface area contributed by atoms with Gasteiger partial charge in [0.25, 0.3) is 0 Å². The highest BCUT2D eigenvalue weighted by Crippen LogP contribution is 2.32. The first-order valence-corrected chi connectivity index (χ1v) is 6.37. The minimum absolute atomic E-state index is 0.118. The van der Waals surface area contributed by atoms with Crippen molar-refractivity contribution in [1.29, 1.82) is 0 Å². The molecule has 1 aliphatic rings. The van der Waals surface area contributed by atoms with Crippen LogP contribution in [-0.2, 0) is 9.59 Å². The highest BCUT2D eigenvalue weighted by atomic mass is 19.1. The van der Waals surface area contributed by atoms with Gasteiger partial charge in [0.2, 0.25) is 11.8 Å². The molecule has 1 N–H and O–H groups in total. The van der Waals surface area contributed by atoms with Gasteiger partial charge in [-0.2, -0.15) is 0 Å². The molecule has 1 atom stereocenters. The van der Waals surface area contributed by atoms with Crippen LogP contribution in [0.15, 0.2) is 24.3 Å². The molecule has 1 heterocycles. The Morgan fingerprint density at radius 1 is 1.47 bits per heavy atom. The molecule has 2 amide bonds. The van der Waals surface area contributed by atoms with Crippen molar-refractivity contribution in [3.63, 3.8) is 0 Å². The molecule has 0 bridgehead atoms. The number of benzene rings is 1. The molecule has 1 aliphatic heterocycles. The maximum absolute atomic E-state index is 13.2. The van der Waals surface area contributed by atoms with Gasteiger partial charge in [-0.25, -0.2) is 4.39 Å². The van der Waals surface area contributed by atoms with E-state index >= 15 is 0 Å². The van der Waals surface area contributed by atoms with Crippen molar-refractivity contribution < 1.29 is 14.0 Å². The fraction of sp³-hybridized carbons (Fsp3) is 0.429. The molecular weight excluding hydrogens is 247 g/mol. The van der Waals surface area contributed by atoms with Gasteiger partial charge in [0.05, 0.1) is 6.04 Å². The SMILES string of the molecule is CNC(=O)CC(=O)N1CCCC1c1cccc(F)c1. The largest absolute Gasteiger partial charge is 0.359 e. The molecule has 1 aromatic carbocycles. The van der Waals surface area contributed by atoms with E-state index in [0.29, 0.717) is 6.54 Å². The Balaban J connectivity index is 2.12. The van der Waals surface area contributed by atoms with Crippen LogP contribution < -0.4 is 5.32 Å². The van der Waals surface area contributed by atoms with Crippen LogP contribution >= 0.6 is 0 Å². The number of likely N-dealkylation sites (tertiary alicyclic amines) is 1. The summed E-state index contributed by atoms with van der Waals surface area (Å²) in [7, 11) is 1.50. The van der Waals surface area contributed by atoms with Gasteiger partial charge in [0.15, 0.2) is 0 Å². The number of hydrogen-bond acceptors (Lipinski definition) is 2. The van der Waals surface area contributed by atoms with E-state index in [1.54, 1.807) is 11.0 Å². The van der Waals surface area contributed by atoms with E-state index in [1.165, 1.54) is 19.2 Å². The maximum Gasteiger partial charge on any atom is 0.232 e. The summed E-state index contributed by atoms with van der Waals surface area (Å²) in [6.45, 7) is 0.622. The van der Waals surface area contributed by atoms with Crippen LogP contribution in [0.5, 0.6) is 0 Å². The Hall–Kier alpha value is -1.91. The van der Waals surface area contributed by atoms with Gasteiger partial charge in [0.1, 0.15) is 12.2 Å². The van der Waals surface area contributed by atoms with Gasteiger partial charge < -0.3 is 10.2 Å². The van der Waals surface area contributed by atoms with Crippen molar-refractivity contribution in [3.05, 3.63) is 35.6 Å². The fourth-order valence-corrected chi connectivity index (χ4v) is 2.45. The molecule has 1 unspecified atom stereocenters. The van der Waals surface area contributed by atoms with Crippen molar-refractivity contribution in [2.75, 3.05) is 13.6 Å². The number of amides is 2. The molecule has 5 heteroatoms. The molecule has 1 fully saturated rings. The highest BCUT2D eigenvalue weighted by Gasteiger charge is 2.30. The predicted molar refractivity (Wildman–Crippen MR) is 68.8 cm³/mol. The normalized spacial score (nSPS) is 18.4. The van der Waals surface area contributed by atoms with E-state index in [2.05, 4.69) is 5.32 Å². The minimum Gasteiger partial charge on any atom is -0.359 e. The maximum atomic E-state index is 13.2. The predicted octanol–water partition coefficient (Wildman–Crippen LogP) is 1.63. The number of nitrogens with zero attached hydrogens (tertiary/aromatic N) is 1. The van der Waals surface area contributed by atoms with E-state index in [-0.39, 0.29) is 30.1 Å². The molecule has 0 aromatic heterocycles. The van der Waals surface area contributed by atoms with Crippen LogP contribution in [0.4, 0.5) is 4.39 Å². The first-order chi connectivity index (χ1) is 9.11. The van der Waals surface area contributed by atoms with E-state index in [1.807, 2.05) is 6.07 Å². The third-order valence-electron chi connectivity index (χ3n) is 3.40. The lowest BCUT2D eigenvalue weighted by atomic mass is 10.0. The van der Waals surface area contributed by atoms with Crippen molar-refractivity contribution in [2.45, 2.75) is 25.3 Å². The second-order valence-corrected chi connectivity index (χ2v) is 4.65. The number of carbonyl (C=O) groups excluding carboxylic acids is 2. The molecule has 102 valence electrons. The Morgan fingerprint density at radius 3 is 2.95 bits per heavy atom. The van der Waals surface area contributed by atoms with Crippen molar-refractivity contribution in [1.82, 2.24) is 10.2 Å². The molecule has 1 aromatic rings. The minimum atomic E-state index is -0.303. The second-order valence-electron chi connectivity index (χ2n) is 4.65. The van der Waals surface area contributed by atoms with Crippen LogP contribution in [0.25, 0.3) is 0 Å². The lowest BCUT2D eigenvalue weighted by molar-refractivity contribution is -0.136. The van der Waals surface area contributed by atoms with E-state index in [0.717, 1.165) is 18.4 Å². The van der Waals surface area contributed by atoms with Crippen molar-refractivity contribution in [2.24, 2.45) is 0 Å². The molecule has 0 aliphatic carbocycles. The topological polar surface area (TPSA) is 49.4 Å². The van der Waals surface area contributed by atoms with Crippen LogP contribution in [0.2, 0.25) is 0 Å². The lowest BCUT2D eigenvalue weighted by Gasteiger charge is -2.25. The standard InChI is InChI=1S/C14H17FN2O2/c1-16-13(18)9-14(19)17-7-3-6-12(17)10-4-2-5-11(15)8-10/h2,4-5,8,12H,3,6-7,9H2,1H3,(H,16,18). The fourth-order valence-electron chi connectivity index (χ4n) is 2.45. The summed E-state index contributed by atoms with van der Waals surface area (Å²) in [6.07, 6.45) is 1.53. The summed E-state index contributed by atoms with van der Waals surface area (Å²) in [5.74, 6) is -0.802. The Bertz CT molecular complexity index is 490. The summed E-state index contributed by atoms with van der Waals surface area (Å²) in [5.41, 5.74) is 0.794. The molecular formula is C14H17FN2O2.